The molecule has 0 unspecified atom stereocenters. The summed E-state index contributed by atoms with van der Waals surface area (Å²) in [7, 11) is 0. The average molecular weight is 344 g/mol. The van der Waals surface area contributed by atoms with Crippen molar-refractivity contribution in [2.45, 2.75) is 64.5 Å². The van der Waals surface area contributed by atoms with E-state index in [0.717, 1.165) is 49.1 Å². The predicted molar refractivity (Wildman–Crippen MR) is 96.5 cm³/mol. The number of nitrogens with one attached hydrogen (secondary N) is 1. The molecule has 1 N–H and O–H groups in total. The van der Waals surface area contributed by atoms with E-state index in [4.69, 9.17) is 4.74 Å². The summed E-state index contributed by atoms with van der Waals surface area (Å²) in [5, 5.41) is 3.16. The van der Waals surface area contributed by atoms with Gasteiger partial charge in [0.25, 0.3) is 5.91 Å². The molecule has 1 aromatic rings. The molecule has 3 rings (SSSR count). The molecule has 0 spiro atoms. The van der Waals surface area contributed by atoms with Crippen molar-refractivity contribution in [3.05, 3.63) is 29.3 Å². The Balaban J connectivity index is 1.72. The minimum atomic E-state index is -0.319. The lowest BCUT2D eigenvalue weighted by molar-refractivity contribution is -0.141. The van der Waals surface area contributed by atoms with E-state index < -0.39 is 0 Å². The zero-order chi connectivity index (χ0) is 18.0. The van der Waals surface area contributed by atoms with Gasteiger partial charge in [-0.2, -0.15) is 0 Å². The van der Waals surface area contributed by atoms with E-state index in [1.165, 1.54) is 0 Å². The first kappa shape index (κ1) is 17.8. The number of piperidine rings is 1. The number of carbonyl (C=O) groups excluding carboxylic acids is 2. The summed E-state index contributed by atoms with van der Waals surface area (Å²) in [5.41, 5.74) is 1.76. The summed E-state index contributed by atoms with van der Waals surface area (Å²) in [4.78, 5) is 26.8. The first-order chi connectivity index (χ1) is 11.9. The lowest BCUT2D eigenvalue weighted by Crippen LogP contribution is -2.64. The number of fused-ring (bicyclic) bond motifs is 1. The van der Waals surface area contributed by atoms with Gasteiger partial charge >= 0.3 is 0 Å². The van der Waals surface area contributed by atoms with Gasteiger partial charge in [-0.3, -0.25) is 9.59 Å². The SMILES string of the molecule is Cc1cccc(C)c1OCC(=O)N1CCC[C@]2(C)NC(=O)CCC[C@H]12. The number of ether oxygens (including phenoxy) is 1. The Morgan fingerprint density at radius 2 is 2.04 bits per heavy atom. The van der Waals surface area contributed by atoms with Crippen molar-refractivity contribution < 1.29 is 14.3 Å². The summed E-state index contributed by atoms with van der Waals surface area (Å²) >= 11 is 0. The van der Waals surface area contributed by atoms with Crippen LogP contribution in [0.2, 0.25) is 0 Å². The second kappa shape index (κ2) is 7.06. The third kappa shape index (κ3) is 3.65. The van der Waals surface area contributed by atoms with Gasteiger partial charge in [0.15, 0.2) is 6.61 Å². The maximum absolute atomic E-state index is 12.9. The Bertz CT molecular complexity index is 653. The van der Waals surface area contributed by atoms with Gasteiger partial charge < -0.3 is 15.0 Å². The number of likely N-dealkylation sites (tertiary alicyclic amines) is 1. The molecule has 2 aliphatic heterocycles. The smallest absolute Gasteiger partial charge is 0.260 e. The summed E-state index contributed by atoms with van der Waals surface area (Å²) in [5.74, 6) is 0.908. The number of aryl methyl sites for hydroxylation is 2. The van der Waals surface area contributed by atoms with Crippen LogP contribution in [-0.4, -0.2) is 41.4 Å². The zero-order valence-corrected chi connectivity index (χ0v) is 15.4. The molecule has 2 aliphatic rings. The second-order valence-corrected chi connectivity index (χ2v) is 7.57. The first-order valence-corrected chi connectivity index (χ1v) is 9.20. The molecular weight excluding hydrogens is 316 g/mol. The quantitative estimate of drug-likeness (QED) is 0.917. The van der Waals surface area contributed by atoms with E-state index >= 15 is 0 Å². The van der Waals surface area contributed by atoms with Crippen LogP contribution in [0.25, 0.3) is 0 Å². The van der Waals surface area contributed by atoms with Gasteiger partial charge in [0.05, 0.1) is 11.6 Å². The van der Waals surface area contributed by atoms with Gasteiger partial charge in [-0.05, 0) is 57.6 Å². The molecule has 0 saturated carbocycles. The number of hydrogen-bond donors (Lipinski definition) is 1. The Labute approximate surface area is 149 Å². The van der Waals surface area contributed by atoms with Crippen molar-refractivity contribution in [2.24, 2.45) is 0 Å². The van der Waals surface area contributed by atoms with Gasteiger partial charge in [-0.15, -0.1) is 0 Å². The molecule has 25 heavy (non-hydrogen) atoms. The maximum Gasteiger partial charge on any atom is 0.260 e. The molecule has 0 aromatic heterocycles. The molecule has 2 fully saturated rings. The number of carbonyl (C=O) groups is 2. The van der Waals surface area contributed by atoms with Crippen LogP contribution in [0.4, 0.5) is 0 Å². The van der Waals surface area contributed by atoms with Gasteiger partial charge in [0, 0.05) is 13.0 Å². The zero-order valence-electron chi connectivity index (χ0n) is 15.4. The van der Waals surface area contributed by atoms with Crippen molar-refractivity contribution in [3.8, 4) is 5.75 Å². The fraction of sp³-hybridized carbons (Fsp3) is 0.600. The largest absolute Gasteiger partial charge is 0.483 e. The lowest BCUT2D eigenvalue weighted by atomic mass is 9.81. The summed E-state index contributed by atoms with van der Waals surface area (Å²) in [6.07, 6.45) is 4.07. The first-order valence-electron chi connectivity index (χ1n) is 9.20. The van der Waals surface area contributed by atoms with Crippen LogP contribution in [0.1, 0.15) is 50.2 Å². The van der Waals surface area contributed by atoms with Crippen molar-refractivity contribution in [3.63, 3.8) is 0 Å². The summed E-state index contributed by atoms with van der Waals surface area (Å²) < 4.78 is 5.87. The third-order valence-corrected chi connectivity index (χ3v) is 5.58. The molecule has 2 amide bonds. The summed E-state index contributed by atoms with van der Waals surface area (Å²) in [6.45, 7) is 6.85. The molecule has 5 nitrogen and oxygen atoms in total. The van der Waals surface area contributed by atoms with Crippen molar-refractivity contribution in [2.75, 3.05) is 13.2 Å². The highest BCUT2D eigenvalue weighted by Gasteiger charge is 2.44. The monoisotopic (exact) mass is 344 g/mol. The fourth-order valence-corrected chi connectivity index (χ4v) is 4.28. The van der Waals surface area contributed by atoms with Crippen LogP contribution in [-0.2, 0) is 9.59 Å². The summed E-state index contributed by atoms with van der Waals surface area (Å²) in [6, 6.07) is 6.03. The van der Waals surface area contributed by atoms with E-state index in [-0.39, 0.29) is 30.0 Å². The minimum Gasteiger partial charge on any atom is -0.483 e. The van der Waals surface area contributed by atoms with E-state index in [1.54, 1.807) is 0 Å². The highest BCUT2D eigenvalue weighted by Crippen LogP contribution is 2.33. The van der Waals surface area contributed by atoms with E-state index in [1.807, 2.05) is 36.9 Å². The van der Waals surface area contributed by atoms with Crippen molar-refractivity contribution >= 4 is 11.8 Å². The lowest BCUT2D eigenvalue weighted by Gasteiger charge is -2.47. The maximum atomic E-state index is 12.9. The number of nitrogens with zero attached hydrogens (tertiary/aromatic N) is 1. The molecule has 0 radical (unpaired) electrons. The fourth-order valence-electron chi connectivity index (χ4n) is 4.28. The molecule has 2 heterocycles. The van der Waals surface area contributed by atoms with Crippen LogP contribution in [0.3, 0.4) is 0 Å². The van der Waals surface area contributed by atoms with Crippen molar-refractivity contribution in [1.82, 2.24) is 10.2 Å². The molecule has 0 bridgehead atoms. The Kier molecular flexibility index (Phi) is 5.02. The van der Waals surface area contributed by atoms with Gasteiger partial charge in [-0.25, -0.2) is 0 Å². The van der Waals surface area contributed by atoms with Crippen molar-refractivity contribution in [1.29, 1.82) is 0 Å². The Morgan fingerprint density at radius 3 is 2.76 bits per heavy atom. The normalized spacial score (nSPS) is 26.4. The minimum absolute atomic E-state index is 0.00901. The van der Waals surface area contributed by atoms with Crippen LogP contribution < -0.4 is 10.1 Å². The highest BCUT2D eigenvalue weighted by atomic mass is 16.5. The second-order valence-electron chi connectivity index (χ2n) is 7.57. The van der Waals surface area contributed by atoms with Gasteiger partial charge in [-0.1, -0.05) is 18.2 Å². The molecular formula is C20H28N2O3. The van der Waals surface area contributed by atoms with E-state index in [0.29, 0.717) is 6.42 Å². The van der Waals surface area contributed by atoms with E-state index in [9.17, 15) is 9.59 Å². The van der Waals surface area contributed by atoms with Crippen LogP contribution in [0, 0.1) is 13.8 Å². The van der Waals surface area contributed by atoms with E-state index in [2.05, 4.69) is 12.2 Å². The average Bonchev–Trinajstić information content (AvgIpc) is 2.70. The topological polar surface area (TPSA) is 58.6 Å². The van der Waals surface area contributed by atoms with Gasteiger partial charge in [0.1, 0.15) is 5.75 Å². The van der Waals surface area contributed by atoms with Gasteiger partial charge in [0.2, 0.25) is 5.91 Å². The molecule has 136 valence electrons. The molecule has 1 aromatic carbocycles. The van der Waals surface area contributed by atoms with Crippen LogP contribution in [0.5, 0.6) is 5.75 Å². The predicted octanol–water partition coefficient (Wildman–Crippen LogP) is 2.73. The number of rotatable bonds is 3. The number of para-hydroxylation sites is 1. The van der Waals surface area contributed by atoms with Crippen LogP contribution >= 0.6 is 0 Å². The standard InChI is InChI=1S/C20H28N2O3/c1-14-7-4-8-15(2)19(14)25-13-18(24)22-12-6-11-20(3)16(22)9-5-10-17(23)21-20/h4,7-8,16H,5-6,9-13H2,1-3H3,(H,21,23)/t16-,20-/m0/s1. The van der Waals surface area contributed by atoms with Crippen LogP contribution in [0.15, 0.2) is 18.2 Å². The molecule has 5 heteroatoms. The number of benzene rings is 1. The third-order valence-electron chi connectivity index (χ3n) is 5.58. The number of amides is 2. The highest BCUT2D eigenvalue weighted by molar-refractivity contribution is 5.80. The Morgan fingerprint density at radius 1 is 1.32 bits per heavy atom. The molecule has 2 atom stereocenters. The number of hydrogen-bond acceptors (Lipinski definition) is 3. The Hall–Kier alpha value is -2.04. The molecule has 0 aliphatic carbocycles. The molecule has 2 saturated heterocycles.